The van der Waals surface area contributed by atoms with Crippen molar-refractivity contribution in [1.29, 1.82) is 0 Å². The van der Waals surface area contributed by atoms with Crippen LogP contribution in [0.15, 0.2) is 91.0 Å². The smallest absolute Gasteiger partial charge is 0.157 e. The Morgan fingerprint density at radius 1 is 0.280 bits per heavy atom. The van der Waals surface area contributed by atoms with E-state index in [-0.39, 0.29) is 18.9 Å². The lowest BCUT2D eigenvalue weighted by molar-refractivity contribution is -0.284. The zero-order valence-electron chi connectivity index (χ0n) is 44.8. The van der Waals surface area contributed by atoms with Crippen LogP contribution in [0.25, 0.3) is 0 Å². The fourth-order valence-electron chi connectivity index (χ4n) is 9.70. The molecule has 75 heavy (non-hydrogen) atoms. The first kappa shape index (κ1) is 59.7. The second-order valence-electron chi connectivity index (χ2n) is 19.7. The highest BCUT2D eigenvalue weighted by Crippen LogP contribution is 2.35. The van der Waals surface area contributed by atoms with E-state index in [0.717, 1.165) is 94.3 Å². The van der Waals surface area contributed by atoms with Crippen molar-refractivity contribution in [3.63, 3.8) is 0 Å². The predicted molar refractivity (Wildman–Crippen MR) is 283 cm³/mol. The van der Waals surface area contributed by atoms with Gasteiger partial charge in [0, 0.05) is 79.3 Å². The van der Waals surface area contributed by atoms with Crippen LogP contribution in [-0.2, 0) is 90.9 Å². The van der Waals surface area contributed by atoms with Crippen molar-refractivity contribution in [2.24, 2.45) is 0 Å². The molecule has 3 atom stereocenters. The summed E-state index contributed by atoms with van der Waals surface area (Å²) in [6.07, 6.45) is 8.94. The summed E-state index contributed by atoms with van der Waals surface area (Å²) in [5.74, 6) is 0. The lowest BCUT2D eigenvalue weighted by Gasteiger charge is -2.50. The number of hydrogen-bond acceptors (Lipinski definition) is 15. The Hall–Kier alpha value is -2.94. The van der Waals surface area contributed by atoms with Crippen LogP contribution in [0.1, 0.15) is 113 Å². The zero-order chi connectivity index (χ0) is 51.5. The molecule has 15 nitrogen and oxygen atoms in total. The Morgan fingerprint density at radius 3 is 0.760 bits per heavy atom. The van der Waals surface area contributed by atoms with Crippen molar-refractivity contribution in [1.82, 2.24) is 0 Å². The van der Waals surface area contributed by atoms with Gasteiger partial charge in [-0.1, -0.05) is 91.0 Å². The molecule has 3 aromatic carbocycles. The van der Waals surface area contributed by atoms with E-state index in [1.54, 1.807) is 0 Å². The summed E-state index contributed by atoms with van der Waals surface area (Å²) >= 11 is 0. The maximum Gasteiger partial charge on any atom is 0.157 e. The summed E-state index contributed by atoms with van der Waals surface area (Å²) in [4.78, 5) is 0. The van der Waals surface area contributed by atoms with Crippen molar-refractivity contribution in [3.8, 4) is 0 Å². The zero-order valence-corrected chi connectivity index (χ0v) is 44.8. The molecule has 1 aliphatic carbocycles. The van der Waals surface area contributed by atoms with Crippen LogP contribution in [0.2, 0.25) is 0 Å². The second kappa shape index (κ2) is 37.8. The van der Waals surface area contributed by atoms with Crippen molar-refractivity contribution in [2.75, 3.05) is 99.1 Å². The van der Waals surface area contributed by atoms with E-state index in [1.807, 2.05) is 54.6 Å². The second-order valence-corrected chi connectivity index (χ2v) is 19.7. The largest absolute Gasteiger partial charge is 0.377 e. The van der Waals surface area contributed by atoms with E-state index in [1.165, 1.54) is 0 Å². The van der Waals surface area contributed by atoms with Crippen LogP contribution < -0.4 is 0 Å². The summed E-state index contributed by atoms with van der Waals surface area (Å²) in [6, 6.07) is 30.7. The van der Waals surface area contributed by atoms with Gasteiger partial charge in [0.15, 0.2) is 18.9 Å². The molecule has 420 valence electrons. The first-order valence-corrected chi connectivity index (χ1v) is 28.5. The molecule has 3 unspecified atom stereocenters. The Balaban J connectivity index is 1.10. The number of benzene rings is 3. The summed E-state index contributed by atoms with van der Waals surface area (Å²) in [7, 11) is 0. The van der Waals surface area contributed by atoms with Gasteiger partial charge in [0.2, 0.25) is 0 Å². The van der Waals surface area contributed by atoms with Crippen molar-refractivity contribution < 1.29 is 71.1 Å². The summed E-state index contributed by atoms with van der Waals surface area (Å²) in [5, 5.41) is 0. The Bertz CT molecular complexity index is 1580. The summed E-state index contributed by atoms with van der Waals surface area (Å²) in [5.41, 5.74) is 3.38. The van der Waals surface area contributed by atoms with Crippen LogP contribution in [0, 0.1) is 0 Å². The van der Waals surface area contributed by atoms with E-state index >= 15 is 0 Å². The number of hydrogen-bond donors (Lipinski definition) is 0. The molecule has 3 heterocycles. The molecule has 0 amide bonds. The highest BCUT2D eigenvalue weighted by Gasteiger charge is 2.55. The molecular formula is C60H90O15. The van der Waals surface area contributed by atoms with Crippen molar-refractivity contribution >= 4 is 0 Å². The van der Waals surface area contributed by atoms with Crippen LogP contribution in [0.4, 0.5) is 0 Å². The van der Waals surface area contributed by atoms with Crippen LogP contribution in [0.5, 0.6) is 0 Å². The van der Waals surface area contributed by atoms with Crippen molar-refractivity contribution in [3.05, 3.63) is 108 Å². The lowest BCUT2D eigenvalue weighted by atomic mass is 9.83. The highest BCUT2D eigenvalue weighted by atomic mass is 16.7. The molecule has 0 radical (unpaired) electrons. The maximum atomic E-state index is 7.04. The topological polar surface area (TPSA) is 138 Å². The van der Waals surface area contributed by atoms with Gasteiger partial charge < -0.3 is 71.1 Å². The van der Waals surface area contributed by atoms with Gasteiger partial charge in [-0.2, -0.15) is 0 Å². The third-order valence-corrected chi connectivity index (χ3v) is 13.6. The third kappa shape index (κ3) is 23.5. The van der Waals surface area contributed by atoms with Crippen LogP contribution in [-0.4, -0.2) is 155 Å². The molecule has 0 spiro atoms. The molecule has 7 rings (SSSR count). The van der Waals surface area contributed by atoms with Gasteiger partial charge in [-0.3, -0.25) is 0 Å². The molecule has 0 aromatic heterocycles. The minimum absolute atomic E-state index is 0.187. The van der Waals surface area contributed by atoms with Gasteiger partial charge in [0.25, 0.3) is 0 Å². The standard InChI is InChI=1S/C60H90O15/c1-4-22-49(23-5-1)46-61-31-16-40-70-55-58(73-43-19-37-67-52-28-10-13-34-64-52)56(71-41-17-32-62-47-50-24-6-2-7-25-50)60(75-45-21-39-69-54-30-12-15-36-66-54)57(72-42-18-33-63-48-51-26-8-3-9-27-51)59(55)74-44-20-38-68-53-29-11-14-35-65-53/h1-9,22-27,52-60H,10-21,28-48H2. The summed E-state index contributed by atoms with van der Waals surface area (Å²) < 4.78 is 96.8. The fraction of sp³-hybridized carbons (Fsp3) is 0.700. The quantitative estimate of drug-likeness (QED) is 0.0501. The Morgan fingerprint density at radius 2 is 0.520 bits per heavy atom. The average Bonchev–Trinajstić information content (AvgIpc) is 3.46. The fourth-order valence-corrected chi connectivity index (χ4v) is 9.70. The van der Waals surface area contributed by atoms with Crippen LogP contribution in [0.3, 0.4) is 0 Å². The first-order chi connectivity index (χ1) is 37.3. The third-order valence-electron chi connectivity index (χ3n) is 13.6. The predicted octanol–water partition coefficient (Wildman–Crippen LogP) is 9.93. The number of ether oxygens (including phenoxy) is 15. The normalized spacial score (nSPS) is 25.4. The van der Waals surface area contributed by atoms with Gasteiger partial charge in [-0.15, -0.1) is 0 Å². The molecule has 3 saturated heterocycles. The Kier molecular flexibility index (Phi) is 30.1. The van der Waals surface area contributed by atoms with E-state index in [4.69, 9.17) is 71.1 Å². The SMILES string of the molecule is c1ccc(COCCCOC2C(OCCCOC3CCCCO3)C(OCCCOCc3ccccc3)C(OCCCOC3CCCCO3)C(OCCCOCc3ccccc3)C2OCCCOC2CCCCO2)cc1. The lowest BCUT2D eigenvalue weighted by Crippen LogP contribution is -2.68. The van der Waals surface area contributed by atoms with Gasteiger partial charge in [0.1, 0.15) is 36.6 Å². The van der Waals surface area contributed by atoms with Gasteiger partial charge in [-0.25, -0.2) is 0 Å². The van der Waals surface area contributed by atoms with E-state index in [0.29, 0.717) is 138 Å². The van der Waals surface area contributed by atoms with Gasteiger partial charge in [-0.05, 0) is 113 Å². The van der Waals surface area contributed by atoms with E-state index in [2.05, 4.69) is 36.4 Å². The van der Waals surface area contributed by atoms with E-state index in [9.17, 15) is 0 Å². The van der Waals surface area contributed by atoms with Gasteiger partial charge in [0.05, 0.1) is 39.6 Å². The van der Waals surface area contributed by atoms with Crippen LogP contribution >= 0.6 is 0 Å². The monoisotopic (exact) mass is 1050 g/mol. The minimum Gasteiger partial charge on any atom is -0.377 e. The highest BCUT2D eigenvalue weighted by molar-refractivity contribution is 5.15. The summed E-state index contributed by atoms with van der Waals surface area (Å²) in [6.45, 7) is 9.19. The maximum absolute atomic E-state index is 7.04. The molecule has 0 bridgehead atoms. The first-order valence-electron chi connectivity index (χ1n) is 28.5. The van der Waals surface area contributed by atoms with Crippen molar-refractivity contribution in [2.45, 2.75) is 172 Å². The molecule has 3 aliphatic heterocycles. The molecule has 4 aliphatic rings. The molecule has 15 heteroatoms. The van der Waals surface area contributed by atoms with Gasteiger partial charge >= 0.3 is 0 Å². The number of rotatable bonds is 39. The molecule has 4 fully saturated rings. The minimum atomic E-state index is -0.603. The molecule has 0 N–H and O–H groups in total. The van der Waals surface area contributed by atoms with E-state index < -0.39 is 36.6 Å². The molecular weight excluding hydrogens is 961 g/mol. The molecule has 1 saturated carbocycles. The molecule has 3 aromatic rings. The average molecular weight is 1050 g/mol. The Labute approximate surface area is 448 Å².